The molecule has 18 heavy (non-hydrogen) atoms. The molecule has 0 fully saturated rings. The summed E-state index contributed by atoms with van der Waals surface area (Å²) >= 11 is 3.28. The van der Waals surface area contributed by atoms with Gasteiger partial charge in [0, 0.05) is 9.88 Å². The van der Waals surface area contributed by atoms with Crippen LogP contribution in [0.2, 0.25) is 0 Å². The number of hydrogen-bond acceptors (Lipinski definition) is 2. The molecule has 0 spiro atoms. The van der Waals surface area contributed by atoms with Crippen LogP contribution in [0.1, 0.15) is 5.56 Å². The van der Waals surface area contributed by atoms with Gasteiger partial charge in [-0.1, -0.05) is 46.3 Å². The third kappa shape index (κ3) is 3.31. The van der Waals surface area contributed by atoms with Gasteiger partial charge in [-0.05, 0) is 35.9 Å². The monoisotopic (exact) mass is 322 g/mol. The second-order valence-corrected chi connectivity index (χ2v) is 6.46. The number of sulfone groups is 1. The lowest BCUT2D eigenvalue weighted by molar-refractivity contribution is 0.605. The fourth-order valence-electron chi connectivity index (χ4n) is 1.44. The molecule has 92 valence electrons. The fourth-order valence-corrected chi connectivity index (χ4v) is 2.71. The molecule has 0 saturated heterocycles. The van der Waals surface area contributed by atoms with Crippen LogP contribution < -0.4 is 0 Å². The summed E-state index contributed by atoms with van der Waals surface area (Å²) in [4.78, 5) is 0.290. The minimum atomic E-state index is -3.38. The smallest absolute Gasteiger partial charge is 0.199 e. The van der Waals surface area contributed by atoms with E-state index in [4.69, 9.17) is 0 Å². The molecule has 0 amide bonds. The van der Waals surface area contributed by atoms with Gasteiger partial charge < -0.3 is 0 Å². The first-order valence-electron chi connectivity index (χ1n) is 5.32. The van der Waals surface area contributed by atoms with Crippen LogP contribution in [0, 0.1) is 0 Å². The van der Waals surface area contributed by atoms with Crippen LogP contribution in [0.3, 0.4) is 0 Å². The Morgan fingerprint density at radius 2 is 1.50 bits per heavy atom. The molecule has 0 N–H and O–H groups in total. The van der Waals surface area contributed by atoms with E-state index in [0.717, 1.165) is 10.0 Å². The van der Waals surface area contributed by atoms with E-state index in [-0.39, 0.29) is 4.90 Å². The number of halogens is 1. The van der Waals surface area contributed by atoms with Crippen molar-refractivity contribution in [2.75, 3.05) is 0 Å². The van der Waals surface area contributed by atoms with E-state index in [1.807, 2.05) is 30.3 Å². The SMILES string of the molecule is O=S(=O)(/C=C\c1ccccc1)c1ccc(Br)cc1. The van der Waals surface area contributed by atoms with Crippen LogP contribution in [-0.4, -0.2) is 8.42 Å². The highest BCUT2D eigenvalue weighted by molar-refractivity contribution is 9.10. The van der Waals surface area contributed by atoms with Crippen molar-refractivity contribution < 1.29 is 8.42 Å². The molecule has 0 radical (unpaired) electrons. The largest absolute Gasteiger partial charge is 0.219 e. The zero-order chi connectivity index (χ0) is 13.0. The van der Waals surface area contributed by atoms with Crippen molar-refractivity contribution in [3.63, 3.8) is 0 Å². The topological polar surface area (TPSA) is 34.1 Å². The first-order chi connectivity index (χ1) is 8.58. The second-order valence-electron chi connectivity index (χ2n) is 3.71. The maximum absolute atomic E-state index is 12.0. The molecule has 0 aliphatic heterocycles. The zero-order valence-electron chi connectivity index (χ0n) is 9.45. The normalized spacial score (nSPS) is 11.8. The van der Waals surface area contributed by atoms with Crippen LogP contribution >= 0.6 is 15.9 Å². The Labute approximate surface area is 115 Å². The van der Waals surface area contributed by atoms with E-state index in [0.29, 0.717) is 0 Å². The van der Waals surface area contributed by atoms with Crippen LogP contribution in [0.15, 0.2) is 69.4 Å². The summed E-state index contributed by atoms with van der Waals surface area (Å²) in [5.41, 5.74) is 0.859. The van der Waals surface area contributed by atoms with Crippen molar-refractivity contribution in [1.29, 1.82) is 0 Å². The van der Waals surface area contributed by atoms with Crippen LogP contribution in [0.25, 0.3) is 6.08 Å². The molecule has 2 nitrogen and oxygen atoms in total. The lowest BCUT2D eigenvalue weighted by Gasteiger charge is -1.99. The Morgan fingerprint density at radius 3 is 2.11 bits per heavy atom. The lowest BCUT2D eigenvalue weighted by Crippen LogP contribution is -1.95. The molecule has 2 rings (SSSR count). The molecule has 4 heteroatoms. The van der Waals surface area contributed by atoms with Crippen molar-refractivity contribution in [2.24, 2.45) is 0 Å². The summed E-state index contributed by atoms with van der Waals surface area (Å²) < 4.78 is 24.9. The Hall–Kier alpha value is -1.39. The Morgan fingerprint density at radius 1 is 0.889 bits per heavy atom. The minimum absolute atomic E-state index is 0.290. The van der Waals surface area contributed by atoms with Gasteiger partial charge in [-0.3, -0.25) is 0 Å². The van der Waals surface area contributed by atoms with Gasteiger partial charge in [0.05, 0.1) is 4.90 Å². The average Bonchev–Trinajstić information content (AvgIpc) is 2.38. The van der Waals surface area contributed by atoms with Crippen LogP contribution in [-0.2, 0) is 9.84 Å². The highest BCUT2D eigenvalue weighted by Gasteiger charge is 2.09. The van der Waals surface area contributed by atoms with Gasteiger partial charge in [-0.15, -0.1) is 0 Å². The standard InChI is InChI=1S/C14H11BrO2S/c15-13-6-8-14(9-7-13)18(16,17)11-10-12-4-2-1-3-5-12/h1-11H/b11-10-. The summed E-state index contributed by atoms with van der Waals surface area (Å²) in [6.07, 6.45) is 1.59. The van der Waals surface area contributed by atoms with E-state index in [1.54, 1.807) is 30.3 Å². The molecule has 0 atom stereocenters. The zero-order valence-corrected chi connectivity index (χ0v) is 11.9. The van der Waals surface area contributed by atoms with Gasteiger partial charge in [0.2, 0.25) is 0 Å². The fraction of sp³-hybridized carbons (Fsp3) is 0. The summed E-state index contributed by atoms with van der Waals surface area (Å²) in [6.45, 7) is 0. The predicted octanol–water partition coefficient (Wildman–Crippen LogP) is 3.89. The molecular formula is C14H11BrO2S. The summed E-state index contributed by atoms with van der Waals surface area (Å²) in [5, 5.41) is 1.23. The molecule has 0 heterocycles. The van der Waals surface area contributed by atoms with Gasteiger partial charge in [0.15, 0.2) is 9.84 Å². The summed E-state index contributed by atoms with van der Waals surface area (Å²) in [6, 6.07) is 15.9. The van der Waals surface area contributed by atoms with Gasteiger partial charge >= 0.3 is 0 Å². The number of hydrogen-bond donors (Lipinski definition) is 0. The molecule has 0 bridgehead atoms. The minimum Gasteiger partial charge on any atom is -0.219 e. The van der Waals surface area contributed by atoms with Gasteiger partial charge in [0.1, 0.15) is 0 Å². The van der Waals surface area contributed by atoms with Gasteiger partial charge in [-0.25, -0.2) is 8.42 Å². The van der Waals surface area contributed by atoms with E-state index >= 15 is 0 Å². The average molecular weight is 323 g/mol. The molecule has 2 aromatic carbocycles. The Kier molecular flexibility index (Phi) is 3.99. The lowest BCUT2D eigenvalue weighted by atomic mass is 10.2. The molecular weight excluding hydrogens is 312 g/mol. The Balaban J connectivity index is 2.28. The maximum Gasteiger partial charge on any atom is 0.199 e. The van der Waals surface area contributed by atoms with Crippen LogP contribution in [0.5, 0.6) is 0 Å². The van der Waals surface area contributed by atoms with E-state index < -0.39 is 9.84 Å². The number of benzene rings is 2. The summed E-state index contributed by atoms with van der Waals surface area (Å²) in [5.74, 6) is 0. The predicted molar refractivity (Wildman–Crippen MR) is 76.8 cm³/mol. The maximum atomic E-state index is 12.0. The van der Waals surface area contributed by atoms with E-state index in [1.165, 1.54) is 5.41 Å². The van der Waals surface area contributed by atoms with Crippen molar-refractivity contribution in [3.8, 4) is 0 Å². The van der Waals surface area contributed by atoms with Crippen molar-refractivity contribution in [1.82, 2.24) is 0 Å². The quantitative estimate of drug-likeness (QED) is 0.859. The highest BCUT2D eigenvalue weighted by Crippen LogP contribution is 2.17. The summed E-state index contributed by atoms with van der Waals surface area (Å²) in [7, 11) is -3.38. The first-order valence-corrected chi connectivity index (χ1v) is 7.66. The van der Waals surface area contributed by atoms with Crippen LogP contribution in [0.4, 0.5) is 0 Å². The third-order valence-electron chi connectivity index (χ3n) is 2.38. The van der Waals surface area contributed by atoms with Crippen molar-refractivity contribution >= 4 is 31.8 Å². The molecule has 0 aromatic heterocycles. The van der Waals surface area contributed by atoms with Crippen molar-refractivity contribution in [3.05, 3.63) is 70.0 Å². The Bertz CT molecular complexity index is 644. The van der Waals surface area contributed by atoms with Gasteiger partial charge in [0.25, 0.3) is 0 Å². The molecule has 2 aromatic rings. The molecule has 0 aliphatic carbocycles. The highest BCUT2D eigenvalue weighted by atomic mass is 79.9. The van der Waals surface area contributed by atoms with E-state index in [2.05, 4.69) is 15.9 Å². The molecule has 0 aliphatic rings. The third-order valence-corrected chi connectivity index (χ3v) is 4.33. The molecule has 0 saturated carbocycles. The van der Waals surface area contributed by atoms with Gasteiger partial charge in [-0.2, -0.15) is 0 Å². The number of rotatable bonds is 3. The van der Waals surface area contributed by atoms with E-state index in [9.17, 15) is 8.42 Å². The molecule has 0 unspecified atom stereocenters. The second kappa shape index (κ2) is 5.50. The first kappa shape index (κ1) is 13.1. The van der Waals surface area contributed by atoms with Crippen molar-refractivity contribution in [2.45, 2.75) is 4.90 Å².